The summed E-state index contributed by atoms with van der Waals surface area (Å²) in [6, 6.07) is 6.55. The molecule has 0 atom stereocenters. The Kier molecular flexibility index (Phi) is 8.67. The largest absolute Gasteiger partial charge is 0.343 e. The van der Waals surface area contributed by atoms with E-state index >= 15 is 0 Å². The quantitative estimate of drug-likeness (QED) is 0.673. The molecule has 0 unspecified atom stereocenters. The summed E-state index contributed by atoms with van der Waals surface area (Å²) < 4.78 is 12.8. The molecule has 0 fully saturated rings. The molecule has 1 aromatic rings. The number of amides is 1. The van der Waals surface area contributed by atoms with Crippen LogP contribution < -0.4 is 5.32 Å². The van der Waals surface area contributed by atoms with E-state index in [2.05, 4.69) is 19.2 Å². The van der Waals surface area contributed by atoms with Crippen LogP contribution in [0.15, 0.2) is 24.3 Å². The van der Waals surface area contributed by atoms with Gasteiger partial charge in [0.25, 0.3) is 0 Å². The molecule has 21 heavy (non-hydrogen) atoms. The van der Waals surface area contributed by atoms with Crippen molar-refractivity contribution >= 4 is 5.91 Å². The second-order valence-electron chi connectivity index (χ2n) is 5.26. The Hall–Kier alpha value is -1.42. The molecule has 0 saturated heterocycles. The van der Waals surface area contributed by atoms with E-state index in [1.54, 1.807) is 12.1 Å². The second kappa shape index (κ2) is 10.3. The summed E-state index contributed by atoms with van der Waals surface area (Å²) in [5, 5.41) is 3.28. The normalized spacial score (nSPS) is 10.6. The fourth-order valence-corrected chi connectivity index (χ4v) is 2.26. The van der Waals surface area contributed by atoms with Crippen LogP contribution >= 0.6 is 0 Å². The van der Waals surface area contributed by atoms with E-state index in [-0.39, 0.29) is 11.7 Å². The van der Waals surface area contributed by atoms with Crippen LogP contribution in [0.5, 0.6) is 0 Å². The molecule has 0 heterocycles. The molecule has 0 aliphatic carbocycles. The number of halogens is 1. The Labute approximate surface area is 127 Å². The highest BCUT2D eigenvalue weighted by Gasteiger charge is 2.10. The number of carbonyl (C=O) groups is 1. The van der Waals surface area contributed by atoms with Crippen LogP contribution in [0.4, 0.5) is 4.39 Å². The summed E-state index contributed by atoms with van der Waals surface area (Å²) in [5.41, 5.74) is 1.11. The molecule has 0 aliphatic heterocycles. The van der Waals surface area contributed by atoms with Gasteiger partial charge in [-0.2, -0.15) is 0 Å². The Morgan fingerprint density at radius 3 is 2.29 bits per heavy atom. The highest BCUT2D eigenvalue weighted by atomic mass is 19.1. The molecule has 0 aromatic heterocycles. The zero-order valence-corrected chi connectivity index (χ0v) is 13.2. The number of hydrogen-bond donors (Lipinski definition) is 1. The number of rotatable bonds is 10. The molecule has 3 nitrogen and oxygen atoms in total. The van der Waals surface area contributed by atoms with Gasteiger partial charge in [0.15, 0.2) is 0 Å². The van der Waals surface area contributed by atoms with Crippen molar-refractivity contribution < 1.29 is 9.18 Å². The third-order valence-electron chi connectivity index (χ3n) is 3.36. The van der Waals surface area contributed by atoms with Gasteiger partial charge in [0.2, 0.25) is 5.91 Å². The van der Waals surface area contributed by atoms with E-state index in [9.17, 15) is 9.18 Å². The van der Waals surface area contributed by atoms with Crippen molar-refractivity contribution in [2.75, 3.05) is 26.2 Å². The van der Waals surface area contributed by atoms with Crippen LogP contribution in [0.1, 0.15) is 38.7 Å². The van der Waals surface area contributed by atoms with Crippen LogP contribution in [0, 0.1) is 5.82 Å². The van der Waals surface area contributed by atoms with Crippen LogP contribution in [-0.2, 0) is 11.2 Å². The van der Waals surface area contributed by atoms with E-state index in [0.717, 1.165) is 44.5 Å². The lowest BCUT2D eigenvalue weighted by Crippen LogP contribution is -2.34. The summed E-state index contributed by atoms with van der Waals surface area (Å²) in [7, 11) is 0. The first-order valence-corrected chi connectivity index (χ1v) is 7.90. The second-order valence-corrected chi connectivity index (χ2v) is 5.26. The van der Waals surface area contributed by atoms with E-state index in [1.807, 2.05) is 4.90 Å². The van der Waals surface area contributed by atoms with Crippen molar-refractivity contribution in [1.82, 2.24) is 10.2 Å². The number of benzene rings is 1. The van der Waals surface area contributed by atoms with E-state index in [4.69, 9.17) is 0 Å². The van der Waals surface area contributed by atoms with Gasteiger partial charge >= 0.3 is 0 Å². The van der Waals surface area contributed by atoms with Gasteiger partial charge < -0.3 is 10.2 Å². The van der Waals surface area contributed by atoms with E-state index in [0.29, 0.717) is 13.0 Å². The molecule has 0 saturated carbocycles. The van der Waals surface area contributed by atoms with Crippen molar-refractivity contribution in [1.29, 1.82) is 0 Å². The minimum Gasteiger partial charge on any atom is -0.343 e. The molecule has 4 heteroatoms. The van der Waals surface area contributed by atoms with Gasteiger partial charge in [-0.3, -0.25) is 4.79 Å². The van der Waals surface area contributed by atoms with Crippen molar-refractivity contribution in [2.45, 2.75) is 39.5 Å². The molecule has 1 aromatic carbocycles. The van der Waals surface area contributed by atoms with Crippen LogP contribution in [-0.4, -0.2) is 37.0 Å². The van der Waals surface area contributed by atoms with Gasteiger partial charge in [-0.25, -0.2) is 4.39 Å². The smallest absolute Gasteiger partial charge is 0.223 e. The molecule has 0 aliphatic rings. The molecule has 0 spiro atoms. The predicted octanol–water partition coefficient (Wildman–Crippen LogP) is 3.00. The summed E-state index contributed by atoms with van der Waals surface area (Å²) in [5.74, 6) is 0.0252. The number of nitrogens with one attached hydrogen (secondary N) is 1. The summed E-state index contributed by atoms with van der Waals surface area (Å²) >= 11 is 0. The van der Waals surface area contributed by atoms with Crippen molar-refractivity contribution in [3.8, 4) is 0 Å². The third kappa shape index (κ3) is 7.23. The monoisotopic (exact) mass is 294 g/mol. The van der Waals surface area contributed by atoms with Gasteiger partial charge in [0, 0.05) is 26.1 Å². The lowest BCUT2D eigenvalue weighted by molar-refractivity contribution is -0.131. The number of nitrogens with zero attached hydrogens (tertiary/aromatic N) is 1. The van der Waals surface area contributed by atoms with Crippen LogP contribution in [0.25, 0.3) is 0 Å². The van der Waals surface area contributed by atoms with E-state index < -0.39 is 0 Å². The summed E-state index contributed by atoms with van der Waals surface area (Å²) in [4.78, 5) is 14.0. The average Bonchev–Trinajstić information content (AvgIpc) is 2.48. The maximum absolute atomic E-state index is 12.8. The van der Waals surface area contributed by atoms with Gasteiger partial charge in [-0.1, -0.05) is 26.0 Å². The van der Waals surface area contributed by atoms with E-state index in [1.165, 1.54) is 12.1 Å². The zero-order valence-electron chi connectivity index (χ0n) is 13.2. The minimum atomic E-state index is -0.204. The highest BCUT2D eigenvalue weighted by Crippen LogP contribution is 2.03. The first kappa shape index (κ1) is 17.6. The minimum absolute atomic E-state index is 0.204. The van der Waals surface area contributed by atoms with Gasteiger partial charge in [-0.15, -0.1) is 0 Å². The maximum Gasteiger partial charge on any atom is 0.223 e. The molecule has 1 N–H and O–H groups in total. The SMILES string of the molecule is CCCN(CCC)C(=O)CCNCCc1ccc(F)cc1. The Morgan fingerprint density at radius 1 is 1.10 bits per heavy atom. The maximum atomic E-state index is 12.8. The Balaban J connectivity index is 2.17. The average molecular weight is 294 g/mol. The summed E-state index contributed by atoms with van der Waals surface area (Å²) in [6.07, 6.45) is 3.40. The summed E-state index contributed by atoms with van der Waals surface area (Å²) in [6.45, 7) is 7.39. The molecule has 1 amide bonds. The van der Waals surface area contributed by atoms with Crippen molar-refractivity contribution in [3.05, 3.63) is 35.6 Å². The van der Waals surface area contributed by atoms with Crippen molar-refractivity contribution in [2.24, 2.45) is 0 Å². The fraction of sp³-hybridized carbons (Fsp3) is 0.588. The molecule has 0 bridgehead atoms. The number of carbonyl (C=O) groups excluding carboxylic acids is 1. The zero-order chi connectivity index (χ0) is 15.5. The Bertz CT molecular complexity index is 400. The van der Waals surface area contributed by atoms with Gasteiger partial charge in [0.1, 0.15) is 5.82 Å². The van der Waals surface area contributed by atoms with Crippen LogP contribution in [0.2, 0.25) is 0 Å². The lowest BCUT2D eigenvalue weighted by Gasteiger charge is -2.21. The molecule has 118 valence electrons. The number of hydrogen-bond acceptors (Lipinski definition) is 2. The van der Waals surface area contributed by atoms with Crippen molar-refractivity contribution in [3.63, 3.8) is 0 Å². The Morgan fingerprint density at radius 2 is 1.71 bits per heavy atom. The molecular weight excluding hydrogens is 267 g/mol. The first-order valence-electron chi connectivity index (χ1n) is 7.90. The third-order valence-corrected chi connectivity index (χ3v) is 3.36. The van der Waals surface area contributed by atoms with Gasteiger partial charge in [-0.05, 0) is 43.5 Å². The first-order chi connectivity index (χ1) is 10.2. The standard InChI is InChI=1S/C17H27FN2O/c1-3-13-20(14-4-2)17(21)10-12-19-11-9-15-5-7-16(18)8-6-15/h5-8,19H,3-4,9-14H2,1-2H3. The van der Waals surface area contributed by atoms with Crippen LogP contribution in [0.3, 0.4) is 0 Å². The molecular formula is C17H27FN2O. The van der Waals surface area contributed by atoms with Gasteiger partial charge in [0.05, 0.1) is 0 Å². The predicted molar refractivity (Wildman–Crippen MR) is 84.8 cm³/mol. The highest BCUT2D eigenvalue weighted by molar-refractivity contribution is 5.76. The molecule has 1 rings (SSSR count). The molecule has 0 radical (unpaired) electrons. The fourth-order valence-electron chi connectivity index (χ4n) is 2.26. The lowest BCUT2D eigenvalue weighted by atomic mass is 10.1. The topological polar surface area (TPSA) is 32.3 Å².